The number of nitrogens with zero attached hydrogens (tertiary/aromatic N) is 2. The lowest BCUT2D eigenvalue weighted by Crippen LogP contribution is -2.23. The van der Waals surface area contributed by atoms with Gasteiger partial charge in [0, 0.05) is 23.3 Å². The fraction of sp³-hybridized carbons (Fsp3) is 0.320. The second-order valence-corrected chi connectivity index (χ2v) is 8.64. The minimum atomic E-state index is 0.664. The van der Waals surface area contributed by atoms with Gasteiger partial charge < -0.3 is 14.4 Å². The molecule has 2 aromatic carbocycles. The predicted octanol–water partition coefficient (Wildman–Crippen LogP) is 6.25. The van der Waals surface area contributed by atoms with Crippen LogP contribution in [-0.4, -0.2) is 19.2 Å². The van der Waals surface area contributed by atoms with Crippen LogP contribution in [0.5, 0.6) is 11.5 Å². The molecule has 0 atom stereocenters. The van der Waals surface area contributed by atoms with Gasteiger partial charge in [-0.05, 0) is 72.7 Å². The number of rotatable bonds is 8. The smallest absolute Gasteiger partial charge is 0.130 e. The number of hydrogen-bond donors (Lipinski definition) is 0. The van der Waals surface area contributed by atoms with Crippen LogP contribution >= 0.6 is 15.9 Å². The summed E-state index contributed by atoms with van der Waals surface area (Å²) >= 11 is 3.82. The van der Waals surface area contributed by atoms with E-state index in [2.05, 4.69) is 58.1 Å². The number of aryl methyl sites for hydroxylation is 1. The van der Waals surface area contributed by atoms with Crippen molar-refractivity contribution < 1.29 is 9.47 Å². The standard InChI is InChI=1S/C25H27BrN2O2/c1-17-25(20-8-9-20)23(26)14-24(27-17)28(15-18-4-10-21(29-2)11-5-18)16-19-6-12-22(30-3)13-7-19/h4-7,10-14,20H,8-9,15-16H2,1-3H3. The van der Waals surface area contributed by atoms with E-state index in [1.54, 1.807) is 14.2 Å². The average molecular weight is 467 g/mol. The van der Waals surface area contributed by atoms with E-state index in [1.165, 1.54) is 34.0 Å². The van der Waals surface area contributed by atoms with Crippen molar-refractivity contribution in [2.45, 2.75) is 38.8 Å². The molecule has 0 saturated heterocycles. The Morgan fingerprint density at radius 1 is 0.900 bits per heavy atom. The Kier molecular flexibility index (Phi) is 6.28. The van der Waals surface area contributed by atoms with Crippen LogP contribution < -0.4 is 14.4 Å². The van der Waals surface area contributed by atoms with Gasteiger partial charge in [0.2, 0.25) is 0 Å². The molecule has 0 aliphatic heterocycles. The number of ether oxygens (including phenoxy) is 2. The number of benzene rings is 2. The Morgan fingerprint density at radius 2 is 1.40 bits per heavy atom. The maximum Gasteiger partial charge on any atom is 0.130 e. The minimum absolute atomic E-state index is 0.664. The van der Waals surface area contributed by atoms with Crippen LogP contribution in [0.2, 0.25) is 0 Å². The summed E-state index contributed by atoms with van der Waals surface area (Å²) in [6, 6.07) is 18.6. The third-order valence-corrected chi connectivity index (χ3v) is 6.22. The molecule has 1 aliphatic rings. The van der Waals surface area contributed by atoms with Gasteiger partial charge in [-0.15, -0.1) is 0 Å². The highest BCUT2D eigenvalue weighted by Crippen LogP contribution is 2.45. The molecule has 1 saturated carbocycles. The van der Waals surface area contributed by atoms with E-state index < -0.39 is 0 Å². The topological polar surface area (TPSA) is 34.6 Å². The molecule has 0 bridgehead atoms. The normalized spacial score (nSPS) is 13.2. The second-order valence-electron chi connectivity index (χ2n) is 7.79. The first kappa shape index (κ1) is 20.7. The van der Waals surface area contributed by atoms with Crippen molar-refractivity contribution in [2.75, 3.05) is 19.1 Å². The highest BCUT2D eigenvalue weighted by atomic mass is 79.9. The van der Waals surface area contributed by atoms with E-state index in [0.717, 1.165) is 36.1 Å². The maximum absolute atomic E-state index is 5.31. The summed E-state index contributed by atoms with van der Waals surface area (Å²) in [6.07, 6.45) is 2.53. The van der Waals surface area contributed by atoms with Gasteiger partial charge in [-0.25, -0.2) is 4.98 Å². The van der Waals surface area contributed by atoms with Gasteiger partial charge in [0.15, 0.2) is 0 Å². The molecule has 3 aromatic rings. The molecule has 0 radical (unpaired) electrons. The molecule has 4 rings (SSSR count). The summed E-state index contributed by atoms with van der Waals surface area (Å²) in [4.78, 5) is 7.32. The van der Waals surface area contributed by atoms with E-state index in [9.17, 15) is 0 Å². The van der Waals surface area contributed by atoms with Crippen LogP contribution in [0.15, 0.2) is 59.1 Å². The quantitative estimate of drug-likeness (QED) is 0.392. The van der Waals surface area contributed by atoms with E-state index in [-0.39, 0.29) is 0 Å². The molecule has 1 fully saturated rings. The summed E-state index contributed by atoms with van der Waals surface area (Å²) in [5.41, 5.74) is 4.92. The van der Waals surface area contributed by atoms with Gasteiger partial charge in [0.25, 0.3) is 0 Å². The Balaban J connectivity index is 1.64. The number of aromatic nitrogens is 1. The molecule has 156 valence electrons. The molecule has 0 amide bonds. The summed E-state index contributed by atoms with van der Waals surface area (Å²) in [6.45, 7) is 3.65. The lowest BCUT2D eigenvalue weighted by atomic mass is 10.1. The monoisotopic (exact) mass is 466 g/mol. The maximum atomic E-state index is 5.31. The van der Waals surface area contributed by atoms with Gasteiger partial charge in [0.05, 0.1) is 14.2 Å². The Bertz CT molecular complexity index is 926. The lowest BCUT2D eigenvalue weighted by Gasteiger charge is -2.26. The second kappa shape index (κ2) is 9.09. The first-order valence-electron chi connectivity index (χ1n) is 10.2. The zero-order valence-electron chi connectivity index (χ0n) is 17.7. The Morgan fingerprint density at radius 3 is 1.80 bits per heavy atom. The van der Waals surface area contributed by atoms with E-state index in [1.807, 2.05) is 24.3 Å². The van der Waals surface area contributed by atoms with Crippen molar-refractivity contribution in [3.8, 4) is 11.5 Å². The SMILES string of the molecule is COc1ccc(CN(Cc2ccc(OC)cc2)c2cc(Br)c(C3CC3)c(C)n2)cc1. The highest BCUT2D eigenvalue weighted by Gasteiger charge is 2.28. The largest absolute Gasteiger partial charge is 0.497 e. The molecule has 1 aromatic heterocycles. The summed E-state index contributed by atoms with van der Waals surface area (Å²) in [7, 11) is 3.38. The number of pyridine rings is 1. The Hall–Kier alpha value is -2.53. The predicted molar refractivity (Wildman–Crippen MR) is 125 cm³/mol. The molecule has 0 unspecified atom stereocenters. The van der Waals surface area contributed by atoms with Gasteiger partial charge in [-0.2, -0.15) is 0 Å². The van der Waals surface area contributed by atoms with Crippen LogP contribution in [0.1, 0.15) is 41.1 Å². The summed E-state index contributed by atoms with van der Waals surface area (Å²) in [5, 5.41) is 0. The fourth-order valence-electron chi connectivity index (χ4n) is 3.77. The molecule has 0 N–H and O–H groups in total. The highest BCUT2D eigenvalue weighted by molar-refractivity contribution is 9.10. The number of methoxy groups -OCH3 is 2. The van der Waals surface area contributed by atoms with Crippen molar-refractivity contribution in [3.05, 3.63) is 81.5 Å². The molecule has 1 aliphatic carbocycles. The van der Waals surface area contributed by atoms with Crippen LogP contribution in [0.4, 0.5) is 5.82 Å². The van der Waals surface area contributed by atoms with Crippen LogP contribution in [-0.2, 0) is 13.1 Å². The van der Waals surface area contributed by atoms with Gasteiger partial charge in [-0.3, -0.25) is 0 Å². The minimum Gasteiger partial charge on any atom is -0.497 e. The zero-order valence-corrected chi connectivity index (χ0v) is 19.3. The van der Waals surface area contributed by atoms with Gasteiger partial charge in [0.1, 0.15) is 17.3 Å². The van der Waals surface area contributed by atoms with Crippen LogP contribution in [0, 0.1) is 6.92 Å². The third kappa shape index (κ3) is 4.78. The van der Waals surface area contributed by atoms with Crippen molar-refractivity contribution in [1.82, 2.24) is 4.98 Å². The average Bonchev–Trinajstić information content (AvgIpc) is 3.59. The molecule has 5 heteroatoms. The van der Waals surface area contributed by atoms with E-state index in [4.69, 9.17) is 14.5 Å². The first-order chi connectivity index (χ1) is 14.6. The number of anilines is 1. The van der Waals surface area contributed by atoms with Crippen molar-refractivity contribution in [3.63, 3.8) is 0 Å². The molecular weight excluding hydrogens is 440 g/mol. The van der Waals surface area contributed by atoms with Crippen molar-refractivity contribution in [1.29, 1.82) is 0 Å². The van der Waals surface area contributed by atoms with Crippen LogP contribution in [0.3, 0.4) is 0 Å². The first-order valence-corrected chi connectivity index (χ1v) is 11.0. The number of halogens is 1. The van der Waals surface area contributed by atoms with Gasteiger partial charge in [-0.1, -0.05) is 40.2 Å². The summed E-state index contributed by atoms with van der Waals surface area (Å²) < 4.78 is 11.8. The van der Waals surface area contributed by atoms with Crippen molar-refractivity contribution >= 4 is 21.7 Å². The van der Waals surface area contributed by atoms with Crippen LogP contribution in [0.25, 0.3) is 0 Å². The number of hydrogen-bond acceptors (Lipinski definition) is 4. The van der Waals surface area contributed by atoms with Gasteiger partial charge >= 0.3 is 0 Å². The fourth-order valence-corrected chi connectivity index (χ4v) is 4.59. The van der Waals surface area contributed by atoms with Crippen molar-refractivity contribution in [2.24, 2.45) is 0 Å². The molecular formula is C25H27BrN2O2. The molecule has 30 heavy (non-hydrogen) atoms. The zero-order chi connectivity index (χ0) is 21.1. The third-order valence-electron chi connectivity index (χ3n) is 5.56. The van der Waals surface area contributed by atoms with E-state index in [0.29, 0.717) is 5.92 Å². The van der Waals surface area contributed by atoms with E-state index >= 15 is 0 Å². The summed E-state index contributed by atoms with van der Waals surface area (Å²) in [5.74, 6) is 3.38. The molecule has 4 nitrogen and oxygen atoms in total. The molecule has 1 heterocycles. The Labute approximate surface area is 187 Å². The molecule has 0 spiro atoms. The lowest BCUT2D eigenvalue weighted by molar-refractivity contribution is 0.414.